The SMILES string of the molecule is CCc1ccc(N2C[C@H](C(=O)OC)CC2=O)cc1. The van der Waals surface area contributed by atoms with E-state index < -0.39 is 0 Å². The number of nitrogens with zero attached hydrogens (tertiary/aromatic N) is 1. The summed E-state index contributed by atoms with van der Waals surface area (Å²) >= 11 is 0. The Balaban J connectivity index is 2.13. The number of aryl methyl sites for hydroxylation is 1. The number of hydrogen-bond donors (Lipinski definition) is 0. The van der Waals surface area contributed by atoms with Crippen molar-refractivity contribution in [2.45, 2.75) is 19.8 Å². The van der Waals surface area contributed by atoms with Crippen molar-refractivity contribution in [1.82, 2.24) is 0 Å². The summed E-state index contributed by atoms with van der Waals surface area (Å²) in [7, 11) is 1.35. The number of ether oxygens (including phenoxy) is 1. The van der Waals surface area contributed by atoms with Crippen LogP contribution in [0.4, 0.5) is 5.69 Å². The highest BCUT2D eigenvalue weighted by Crippen LogP contribution is 2.26. The van der Waals surface area contributed by atoms with Gasteiger partial charge in [0.15, 0.2) is 0 Å². The molecule has 1 aliphatic rings. The Morgan fingerprint density at radius 3 is 2.61 bits per heavy atom. The van der Waals surface area contributed by atoms with Gasteiger partial charge in [0.2, 0.25) is 5.91 Å². The first-order valence-electron chi connectivity index (χ1n) is 6.12. The Morgan fingerprint density at radius 1 is 1.39 bits per heavy atom. The van der Waals surface area contributed by atoms with Gasteiger partial charge in [0.05, 0.1) is 13.0 Å². The maximum absolute atomic E-state index is 11.9. The fraction of sp³-hybridized carbons (Fsp3) is 0.429. The molecule has 1 amide bonds. The van der Waals surface area contributed by atoms with Crippen LogP contribution in [0.25, 0.3) is 0 Å². The summed E-state index contributed by atoms with van der Waals surface area (Å²) in [5, 5.41) is 0. The third kappa shape index (κ3) is 2.37. The van der Waals surface area contributed by atoms with Gasteiger partial charge in [-0.25, -0.2) is 0 Å². The van der Waals surface area contributed by atoms with Crippen molar-refractivity contribution in [3.63, 3.8) is 0 Å². The summed E-state index contributed by atoms with van der Waals surface area (Å²) in [5.74, 6) is -0.668. The molecule has 0 spiro atoms. The average molecular weight is 247 g/mol. The van der Waals surface area contributed by atoms with Crippen molar-refractivity contribution in [3.8, 4) is 0 Å². The molecule has 0 unspecified atom stereocenters. The number of hydrogen-bond acceptors (Lipinski definition) is 3. The quantitative estimate of drug-likeness (QED) is 0.765. The molecule has 0 aromatic heterocycles. The molecule has 96 valence electrons. The lowest BCUT2D eigenvalue weighted by Gasteiger charge is -2.16. The second kappa shape index (κ2) is 5.21. The Morgan fingerprint density at radius 2 is 2.06 bits per heavy atom. The van der Waals surface area contributed by atoms with Gasteiger partial charge in [-0.2, -0.15) is 0 Å². The van der Waals surface area contributed by atoms with Gasteiger partial charge in [0, 0.05) is 18.7 Å². The zero-order chi connectivity index (χ0) is 13.1. The van der Waals surface area contributed by atoms with Gasteiger partial charge in [0.25, 0.3) is 0 Å². The van der Waals surface area contributed by atoms with Crippen molar-refractivity contribution in [1.29, 1.82) is 0 Å². The van der Waals surface area contributed by atoms with Gasteiger partial charge in [-0.1, -0.05) is 19.1 Å². The summed E-state index contributed by atoms with van der Waals surface area (Å²) in [6, 6.07) is 7.87. The fourth-order valence-electron chi connectivity index (χ4n) is 2.19. The first-order valence-corrected chi connectivity index (χ1v) is 6.12. The third-order valence-electron chi connectivity index (χ3n) is 3.32. The zero-order valence-electron chi connectivity index (χ0n) is 10.7. The number of anilines is 1. The van der Waals surface area contributed by atoms with Crippen molar-refractivity contribution >= 4 is 17.6 Å². The highest BCUT2D eigenvalue weighted by atomic mass is 16.5. The van der Waals surface area contributed by atoms with Crippen LogP contribution in [0.15, 0.2) is 24.3 Å². The number of rotatable bonds is 3. The van der Waals surface area contributed by atoms with E-state index in [1.165, 1.54) is 12.7 Å². The number of esters is 1. The molecule has 4 nitrogen and oxygen atoms in total. The molecule has 1 aliphatic heterocycles. The van der Waals surface area contributed by atoms with Crippen LogP contribution in [0.3, 0.4) is 0 Å². The Hall–Kier alpha value is -1.84. The molecule has 2 rings (SSSR count). The van der Waals surface area contributed by atoms with E-state index in [-0.39, 0.29) is 24.2 Å². The fourth-order valence-corrected chi connectivity index (χ4v) is 2.19. The van der Waals surface area contributed by atoms with Crippen LogP contribution in [0.2, 0.25) is 0 Å². The van der Waals surface area contributed by atoms with Crippen molar-refractivity contribution in [2.24, 2.45) is 5.92 Å². The molecule has 0 radical (unpaired) electrons. The van der Waals surface area contributed by atoms with Gasteiger partial charge in [-0.3, -0.25) is 9.59 Å². The monoisotopic (exact) mass is 247 g/mol. The van der Waals surface area contributed by atoms with Crippen LogP contribution >= 0.6 is 0 Å². The van der Waals surface area contributed by atoms with Crippen LogP contribution in [0.5, 0.6) is 0 Å². The second-order valence-electron chi connectivity index (χ2n) is 4.45. The number of benzene rings is 1. The van der Waals surface area contributed by atoms with Crippen LogP contribution in [-0.4, -0.2) is 25.5 Å². The maximum Gasteiger partial charge on any atom is 0.311 e. The van der Waals surface area contributed by atoms with Gasteiger partial charge in [0.1, 0.15) is 0 Å². The Labute approximate surface area is 107 Å². The average Bonchev–Trinajstić information content (AvgIpc) is 2.80. The van der Waals surface area contributed by atoms with E-state index in [0.717, 1.165) is 12.1 Å². The van der Waals surface area contributed by atoms with E-state index in [4.69, 9.17) is 0 Å². The zero-order valence-corrected chi connectivity index (χ0v) is 10.7. The van der Waals surface area contributed by atoms with E-state index in [1.807, 2.05) is 24.3 Å². The minimum Gasteiger partial charge on any atom is -0.469 e. The molecular formula is C14H17NO3. The topological polar surface area (TPSA) is 46.6 Å². The highest BCUT2D eigenvalue weighted by Gasteiger charge is 2.35. The van der Waals surface area contributed by atoms with Crippen LogP contribution in [0, 0.1) is 5.92 Å². The van der Waals surface area contributed by atoms with Gasteiger partial charge >= 0.3 is 5.97 Å². The lowest BCUT2D eigenvalue weighted by molar-refractivity contribution is -0.145. The summed E-state index contributed by atoms with van der Waals surface area (Å²) in [6.07, 6.45) is 1.21. The number of carbonyl (C=O) groups excluding carboxylic acids is 2. The van der Waals surface area contributed by atoms with Crippen LogP contribution in [0.1, 0.15) is 18.9 Å². The molecule has 1 aromatic rings. The Kier molecular flexibility index (Phi) is 3.65. The molecule has 1 fully saturated rings. The minimum atomic E-state index is -0.339. The molecule has 0 N–H and O–H groups in total. The smallest absolute Gasteiger partial charge is 0.311 e. The minimum absolute atomic E-state index is 0.0188. The molecule has 1 aromatic carbocycles. The molecule has 18 heavy (non-hydrogen) atoms. The van der Waals surface area contributed by atoms with Gasteiger partial charge in [-0.05, 0) is 24.1 Å². The Bertz CT molecular complexity index is 453. The molecular weight excluding hydrogens is 230 g/mol. The molecule has 0 bridgehead atoms. The van der Waals surface area contributed by atoms with E-state index in [9.17, 15) is 9.59 Å². The first kappa shape index (κ1) is 12.6. The lowest BCUT2D eigenvalue weighted by atomic mass is 10.1. The summed E-state index contributed by atoms with van der Waals surface area (Å²) in [6.45, 7) is 2.50. The third-order valence-corrected chi connectivity index (χ3v) is 3.32. The normalized spacial score (nSPS) is 19.1. The molecule has 0 aliphatic carbocycles. The van der Waals surface area contributed by atoms with Crippen molar-refractivity contribution < 1.29 is 14.3 Å². The molecule has 1 atom stereocenters. The highest BCUT2D eigenvalue weighted by molar-refractivity contribution is 5.99. The maximum atomic E-state index is 11.9. The van der Waals surface area contributed by atoms with Crippen molar-refractivity contribution in [3.05, 3.63) is 29.8 Å². The van der Waals surface area contributed by atoms with Gasteiger partial charge in [-0.15, -0.1) is 0 Å². The number of methoxy groups -OCH3 is 1. The van der Waals surface area contributed by atoms with Crippen LogP contribution in [-0.2, 0) is 20.7 Å². The van der Waals surface area contributed by atoms with Crippen molar-refractivity contribution in [2.75, 3.05) is 18.6 Å². The standard InChI is InChI=1S/C14H17NO3/c1-3-10-4-6-12(7-5-10)15-9-11(8-13(15)16)14(17)18-2/h4-7,11H,3,8-9H2,1-2H3/t11-/m1/s1. The number of amides is 1. The molecule has 0 saturated carbocycles. The van der Waals surface area contributed by atoms with E-state index in [2.05, 4.69) is 11.7 Å². The second-order valence-corrected chi connectivity index (χ2v) is 4.45. The molecule has 4 heteroatoms. The van der Waals surface area contributed by atoms with E-state index in [1.54, 1.807) is 4.90 Å². The number of carbonyl (C=O) groups is 2. The lowest BCUT2D eigenvalue weighted by Crippen LogP contribution is -2.26. The summed E-state index contributed by atoms with van der Waals surface area (Å²) in [5.41, 5.74) is 2.08. The predicted molar refractivity (Wildman–Crippen MR) is 68.3 cm³/mol. The first-order chi connectivity index (χ1) is 8.65. The van der Waals surface area contributed by atoms with E-state index >= 15 is 0 Å². The molecule has 1 heterocycles. The van der Waals surface area contributed by atoms with Gasteiger partial charge < -0.3 is 9.64 Å². The van der Waals surface area contributed by atoms with E-state index in [0.29, 0.717) is 6.54 Å². The largest absolute Gasteiger partial charge is 0.469 e. The molecule has 1 saturated heterocycles. The summed E-state index contributed by atoms with van der Waals surface area (Å²) < 4.78 is 4.69. The van der Waals surface area contributed by atoms with Crippen LogP contribution < -0.4 is 4.90 Å². The summed E-state index contributed by atoms with van der Waals surface area (Å²) in [4.78, 5) is 25.0. The predicted octanol–water partition coefficient (Wildman–Crippen LogP) is 1.77.